The molecular weight excluding hydrogens is 188 g/mol. The van der Waals surface area contributed by atoms with Gasteiger partial charge in [0.2, 0.25) is 0 Å². The number of aliphatic carboxylic acids is 1. The summed E-state index contributed by atoms with van der Waals surface area (Å²) in [6.45, 7) is 0. The van der Waals surface area contributed by atoms with Crippen molar-refractivity contribution < 1.29 is 38.2 Å². The molecule has 0 aliphatic rings. The van der Waals surface area contributed by atoms with E-state index in [4.69, 9.17) is 15.2 Å². The average Bonchev–Trinajstić information content (AvgIpc) is 1.85. The Bertz CT molecular complexity index is 208. The van der Waals surface area contributed by atoms with Gasteiger partial charge in [-0.25, -0.2) is 9.59 Å². The van der Waals surface area contributed by atoms with E-state index in [1.807, 2.05) is 0 Å². The van der Waals surface area contributed by atoms with Crippen molar-refractivity contribution in [3.05, 3.63) is 0 Å². The number of alkyl halides is 2. The van der Waals surface area contributed by atoms with Gasteiger partial charge < -0.3 is 19.8 Å². The molecule has 0 saturated heterocycles. The van der Waals surface area contributed by atoms with Crippen LogP contribution in [0.25, 0.3) is 0 Å². The van der Waals surface area contributed by atoms with Gasteiger partial charge in [0.05, 0.1) is 0 Å². The van der Waals surface area contributed by atoms with Crippen LogP contribution in [0.5, 0.6) is 0 Å². The van der Waals surface area contributed by atoms with Gasteiger partial charge >= 0.3 is 44.0 Å². The Morgan fingerprint density at radius 2 is 1.69 bits per heavy atom. The second-order valence-corrected chi connectivity index (χ2v) is 1.61. The molecule has 0 saturated carbocycles. The third kappa shape index (κ3) is 4.23. The normalized spacial score (nSPS) is 9.85. The van der Waals surface area contributed by atoms with Crippen LogP contribution in [0.15, 0.2) is 0 Å². The first kappa shape index (κ1) is 14.9. The van der Waals surface area contributed by atoms with Gasteiger partial charge in [-0.3, -0.25) is 0 Å². The Hall–Kier alpha value is -0.618. The van der Waals surface area contributed by atoms with E-state index >= 15 is 0 Å². The quantitative estimate of drug-likeness (QED) is 0.339. The van der Waals surface area contributed by atoms with Gasteiger partial charge in [-0.2, -0.15) is 8.78 Å². The molecule has 3 N–H and O–H groups in total. The summed E-state index contributed by atoms with van der Waals surface area (Å²) in [5, 5.41) is 23.4. The molecule has 6 nitrogen and oxygen atoms in total. The number of halogens is 2. The molecular formula is C3H4BF2LiO6. The van der Waals surface area contributed by atoms with Crippen molar-refractivity contribution in [2.75, 3.05) is 0 Å². The molecule has 0 radical (unpaired) electrons. The van der Waals surface area contributed by atoms with Crippen LogP contribution in [0.3, 0.4) is 0 Å². The molecule has 0 fully saturated rings. The van der Waals surface area contributed by atoms with Crippen molar-refractivity contribution in [3.8, 4) is 0 Å². The Labute approximate surface area is 82.8 Å². The first-order valence-corrected chi connectivity index (χ1v) is 2.47. The Morgan fingerprint density at radius 1 is 1.31 bits per heavy atom. The molecule has 70 valence electrons. The first-order valence-electron chi connectivity index (χ1n) is 2.47. The second-order valence-electron chi connectivity index (χ2n) is 1.61. The van der Waals surface area contributed by atoms with Crippen LogP contribution in [-0.2, 0) is 14.2 Å². The number of rotatable bonds is 3. The van der Waals surface area contributed by atoms with Gasteiger partial charge in [-0.15, -0.1) is 0 Å². The van der Waals surface area contributed by atoms with E-state index in [9.17, 15) is 18.4 Å². The average molecular weight is 192 g/mol. The van der Waals surface area contributed by atoms with Crippen LogP contribution < -0.4 is 0 Å². The third-order valence-corrected chi connectivity index (χ3v) is 0.737. The maximum atomic E-state index is 12.0. The molecule has 0 spiro atoms. The van der Waals surface area contributed by atoms with Crippen molar-refractivity contribution in [1.29, 1.82) is 0 Å². The molecule has 0 atom stereocenters. The van der Waals surface area contributed by atoms with Crippen molar-refractivity contribution in [2.45, 2.75) is 5.92 Å². The number of carbonyl (C=O) groups is 2. The number of carboxylic acids is 1. The SMILES string of the molecule is O=C(O)C(F)(F)C(=O)OB(O)O.[LiH]. The number of carbonyl (C=O) groups excluding carboxylic acids is 1. The van der Waals surface area contributed by atoms with Crippen LogP contribution in [0.4, 0.5) is 8.78 Å². The van der Waals surface area contributed by atoms with E-state index in [0.717, 1.165) is 0 Å². The summed E-state index contributed by atoms with van der Waals surface area (Å²) in [6, 6.07) is 0. The molecule has 0 aromatic heterocycles. The van der Waals surface area contributed by atoms with E-state index in [1.54, 1.807) is 0 Å². The van der Waals surface area contributed by atoms with Gasteiger partial charge in [0.25, 0.3) is 0 Å². The topological polar surface area (TPSA) is 104 Å². The van der Waals surface area contributed by atoms with Gasteiger partial charge in [-0.1, -0.05) is 0 Å². The molecule has 10 heteroatoms. The molecule has 0 aromatic rings. The van der Waals surface area contributed by atoms with Crippen LogP contribution in [-0.4, -0.2) is 59.2 Å². The molecule has 0 unspecified atom stereocenters. The van der Waals surface area contributed by atoms with Crippen molar-refractivity contribution in [1.82, 2.24) is 0 Å². The van der Waals surface area contributed by atoms with E-state index in [1.165, 1.54) is 0 Å². The van der Waals surface area contributed by atoms with Crippen LogP contribution >= 0.6 is 0 Å². The fraction of sp³-hybridized carbons (Fsp3) is 0.333. The third-order valence-electron chi connectivity index (χ3n) is 0.737. The zero-order chi connectivity index (χ0) is 9.94. The summed E-state index contributed by atoms with van der Waals surface area (Å²) in [7, 11) is -2.76. The van der Waals surface area contributed by atoms with E-state index in [0.29, 0.717) is 0 Å². The molecule has 0 rings (SSSR count). The zero-order valence-electron chi connectivity index (χ0n) is 5.40. The van der Waals surface area contributed by atoms with Gasteiger partial charge in [-0.05, 0) is 0 Å². The van der Waals surface area contributed by atoms with Crippen LogP contribution in [0, 0.1) is 0 Å². The monoisotopic (exact) mass is 192 g/mol. The molecule has 0 aromatic carbocycles. The number of hydrogen-bond donors (Lipinski definition) is 3. The molecule has 0 aliphatic carbocycles. The Kier molecular flexibility index (Phi) is 5.94. The standard InChI is InChI=1S/C3H3BF2O6.Li.H/c5-3(6,1(7)8)2(9)12-4(10)11;;/h10-11H,(H,7,8);;. The summed E-state index contributed by atoms with van der Waals surface area (Å²) in [5.74, 6) is -10.0. The Balaban J connectivity index is 0. The number of hydrogen-bond acceptors (Lipinski definition) is 5. The predicted molar refractivity (Wildman–Crippen MR) is 36.0 cm³/mol. The molecule has 0 aliphatic heterocycles. The molecule has 0 amide bonds. The zero-order valence-corrected chi connectivity index (χ0v) is 5.40. The van der Waals surface area contributed by atoms with Gasteiger partial charge in [0.1, 0.15) is 0 Å². The molecule has 13 heavy (non-hydrogen) atoms. The summed E-state index contributed by atoms with van der Waals surface area (Å²) in [5.41, 5.74) is 0. The van der Waals surface area contributed by atoms with E-state index in [2.05, 4.69) is 4.65 Å². The van der Waals surface area contributed by atoms with Crippen molar-refractivity contribution in [3.63, 3.8) is 0 Å². The number of carboxylic acid groups (broad SMARTS) is 1. The van der Waals surface area contributed by atoms with E-state index < -0.39 is 25.2 Å². The van der Waals surface area contributed by atoms with Gasteiger partial charge in [0.15, 0.2) is 0 Å². The Morgan fingerprint density at radius 3 is 1.92 bits per heavy atom. The fourth-order valence-electron chi connectivity index (χ4n) is 0.257. The minimum absolute atomic E-state index is 0. The molecule has 0 bridgehead atoms. The predicted octanol–water partition coefficient (Wildman–Crippen LogP) is -2.43. The second kappa shape index (κ2) is 5.19. The summed E-state index contributed by atoms with van der Waals surface area (Å²) < 4.78 is 27.1. The van der Waals surface area contributed by atoms with E-state index in [-0.39, 0.29) is 18.9 Å². The summed E-state index contributed by atoms with van der Waals surface area (Å²) in [6.07, 6.45) is 0. The van der Waals surface area contributed by atoms with Crippen molar-refractivity contribution >= 4 is 38.1 Å². The molecule has 0 heterocycles. The first-order chi connectivity index (χ1) is 5.28. The van der Waals surface area contributed by atoms with Gasteiger partial charge in [0, 0.05) is 0 Å². The van der Waals surface area contributed by atoms with Crippen molar-refractivity contribution in [2.24, 2.45) is 0 Å². The maximum absolute atomic E-state index is 12.0. The fourth-order valence-corrected chi connectivity index (χ4v) is 0.257. The van der Waals surface area contributed by atoms with Crippen LogP contribution in [0.1, 0.15) is 0 Å². The minimum atomic E-state index is -4.77. The summed E-state index contributed by atoms with van der Waals surface area (Å²) >= 11 is 0. The summed E-state index contributed by atoms with van der Waals surface area (Å²) in [4.78, 5) is 19.7. The van der Waals surface area contributed by atoms with Crippen LogP contribution in [0.2, 0.25) is 0 Å².